The van der Waals surface area contributed by atoms with Gasteiger partial charge in [0.25, 0.3) is 0 Å². The van der Waals surface area contributed by atoms with Gasteiger partial charge < -0.3 is 23.7 Å². The summed E-state index contributed by atoms with van der Waals surface area (Å²) in [6.45, 7) is 1.18. The molecule has 3 aliphatic rings. The summed E-state index contributed by atoms with van der Waals surface area (Å²) in [6, 6.07) is 4.39. The molecular weight excluding hydrogens is 346 g/mol. The van der Waals surface area contributed by atoms with Crippen molar-refractivity contribution in [2.75, 3.05) is 41.7 Å². The number of hydrogen-bond acceptors (Lipinski definition) is 6. The summed E-state index contributed by atoms with van der Waals surface area (Å²) in [7, 11) is 7.23. The van der Waals surface area contributed by atoms with Crippen LogP contribution >= 0.6 is 0 Å². The first-order chi connectivity index (χ1) is 13.2. The third-order valence-corrected chi connectivity index (χ3v) is 5.99. The average Bonchev–Trinajstić information content (AvgIpc) is 3.18. The molecule has 0 N–H and O–H groups in total. The predicted octanol–water partition coefficient (Wildman–Crippen LogP) is 3.19. The summed E-state index contributed by atoms with van der Waals surface area (Å²) in [4.78, 5) is 2.41. The van der Waals surface area contributed by atoms with Crippen molar-refractivity contribution in [2.24, 2.45) is 0 Å². The van der Waals surface area contributed by atoms with Crippen LogP contribution in [-0.4, -0.2) is 46.6 Å². The summed E-state index contributed by atoms with van der Waals surface area (Å²) in [5.74, 6) is 3.72. The molecule has 0 spiro atoms. The molecule has 2 aromatic rings. The van der Waals surface area contributed by atoms with E-state index < -0.39 is 0 Å². The van der Waals surface area contributed by atoms with Crippen LogP contribution in [-0.2, 0) is 12.8 Å². The molecule has 1 unspecified atom stereocenters. The van der Waals surface area contributed by atoms with Crippen molar-refractivity contribution in [3.8, 4) is 39.9 Å². The van der Waals surface area contributed by atoms with Crippen molar-refractivity contribution in [1.29, 1.82) is 0 Å². The first-order valence-corrected chi connectivity index (χ1v) is 9.16. The minimum absolute atomic E-state index is 0.198. The molecule has 2 aromatic carbocycles. The molecule has 0 fully saturated rings. The fraction of sp³-hybridized carbons (Fsp3) is 0.429. The molecule has 0 saturated heterocycles. The lowest BCUT2D eigenvalue weighted by Gasteiger charge is -2.41. The summed E-state index contributed by atoms with van der Waals surface area (Å²) < 4.78 is 28.9. The van der Waals surface area contributed by atoms with E-state index in [0.717, 1.165) is 53.5 Å². The highest BCUT2D eigenvalue weighted by Gasteiger charge is 2.42. The summed E-state index contributed by atoms with van der Waals surface area (Å²) in [6.07, 6.45) is 1.83. The minimum atomic E-state index is 0.198. The molecule has 6 nitrogen and oxygen atoms in total. The van der Waals surface area contributed by atoms with Crippen molar-refractivity contribution in [3.63, 3.8) is 0 Å². The molecule has 0 saturated carbocycles. The Balaban J connectivity index is 1.91. The SMILES string of the molecule is COc1ccc2c(c1OC)-c1c3c(c(OC)c4c1C(C2)N(C)CC4)OCO3. The van der Waals surface area contributed by atoms with E-state index >= 15 is 0 Å². The second-order valence-electron chi connectivity index (χ2n) is 7.15. The Morgan fingerprint density at radius 1 is 0.963 bits per heavy atom. The smallest absolute Gasteiger partial charge is 0.231 e. The van der Waals surface area contributed by atoms with E-state index in [4.69, 9.17) is 23.7 Å². The van der Waals surface area contributed by atoms with Crippen molar-refractivity contribution < 1.29 is 23.7 Å². The zero-order chi connectivity index (χ0) is 18.7. The third kappa shape index (κ3) is 2.10. The van der Waals surface area contributed by atoms with E-state index in [0.29, 0.717) is 5.75 Å². The molecule has 5 rings (SSSR count). The second kappa shape index (κ2) is 5.96. The van der Waals surface area contributed by atoms with Gasteiger partial charge in [-0.15, -0.1) is 0 Å². The predicted molar refractivity (Wildman–Crippen MR) is 100 cm³/mol. The summed E-state index contributed by atoms with van der Waals surface area (Å²) >= 11 is 0. The average molecular weight is 369 g/mol. The maximum atomic E-state index is 5.96. The first-order valence-electron chi connectivity index (χ1n) is 9.16. The van der Waals surface area contributed by atoms with E-state index in [-0.39, 0.29) is 12.8 Å². The van der Waals surface area contributed by atoms with E-state index in [1.54, 1.807) is 21.3 Å². The van der Waals surface area contributed by atoms with E-state index in [1.165, 1.54) is 16.7 Å². The maximum absolute atomic E-state index is 5.96. The van der Waals surface area contributed by atoms with Gasteiger partial charge >= 0.3 is 0 Å². The lowest BCUT2D eigenvalue weighted by Crippen LogP contribution is -2.36. The number of ether oxygens (including phenoxy) is 5. The molecule has 142 valence electrons. The molecule has 2 heterocycles. The molecule has 0 radical (unpaired) electrons. The van der Waals surface area contributed by atoms with Crippen LogP contribution in [0.3, 0.4) is 0 Å². The van der Waals surface area contributed by atoms with Gasteiger partial charge in [0.15, 0.2) is 23.0 Å². The molecule has 0 bridgehead atoms. The van der Waals surface area contributed by atoms with Gasteiger partial charge in [-0.05, 0) is 37.1 Å². The van der Waals surface area contributed by atoms with Gasteiger partial charge in [-0.1, -0.05) is 6.07 Å². The highest BCUT2D eigenvalue weighted by atomic mass is 16.7. The van der Waals surface area contributed by atoms with Crippen LogP contribution in [0.15, 0.2) is 12.1 Å². The second-order valence-corrected chi connectivity index (χ2v) is 7.15. The number of methoxy groups -OCH3 is 3. The largest absolute Gasteiger partial charge is 0.493 e. The van der Waals surface area contributed by atoms with Crippen molar-refractivity contribution in [1.82, 2.24) is 4.90 Å². The fourth-order valence-corrected chi connectivity index (χ4v) is 4.79. The highest BCUT2D eigenvalue weighted by Crippen LogP contribution is 2.60. The normalized spacial score (nSPS) is 19.3. The zero-order valence-corrected chi connectivity index (χ0v) is 16.0. The van der Waals surface area contributed by atoms with Crippen LogP contribution < -0.4 is 23.7 Å². The van der Waals surface area contributed by atoms with Crippen LogP contribution in [0, 0.1) is 0 Å². The molecule has 1 atom stereocenters. The van der Waals surface area contributed by atoms with Gasteiger partial charge in [-0.25, -0.2) is 0 Å². The molecule has 27 heavy (non-hydrogen) atoms. The molecule has 1 aliphatic carbocycles. The van der Waals surface area contributed by atoms with E-state index in [1.807, 2.05) is 6.07 Å². The van der Waals surface area contributed by atoms with Crippen LogP contribution in [0.1, 0.15) is 22.7 Å². The Bertz CT molecular complexity index is 939. The topological polar surface area (TPSA) is 49.4 Å². The number of fused-ring (bicyclic) bond motifs is 4. The van der Waals surface area contributed by atoms with Crippen LogP contribution in [0.5, 0.6) is 28.7 Å². The molecule has 0 amide bonds. The molecule has 6 heteroatoms. The van der Waals surface area contributed by atoms with E-state index in [9.17, 15) is 0 Å². The standard InChI is InChI=1S/C21H23NO5/c1-22-8-7-12-16-13(22)9-11-5-6-14(23-2)19(25-4)15(11)17(16)20-21(18(12)24-3)27-10-26-20/h5-6,13H,7-10H2,1-4H3. The third-order valence-electron chi connectivity index (χ3n) is 5.99. The van der Waals surface area contributed by atoms with Gasteiger partial charge in [-0.3, -0.25) is 4.90 Å². The number of nitrogens with zero attached hydrogens (tertiary/aromatic N) is 1. The Labute approximate surface area is 158 Å². The number of rotatable bonds is 3. The molecule has 2 aliphatic heterocycles. The number of likely N-dealkylation sites (N-methyl/N-ethyl adjacent to an activating group) is 1. The van der Waals surface area contributed by atoms with Gasteiger partial charge in [0.1, 0.15) is 0 Å². The van der Waals surface area contributed by atoms with Crippen LogP contribution in [0.4, 0.5) is 0 Å². The van der Waals surface area contributed by atoms with Crippen LogP contribution in [0.25, 0.3) is 11.1 Å². The number of benzene rings is 2. The zero-order valence-electron chi connectivity index (χ0n) is 16.0. The van der Waals surface area contributed by atoms with Gasteiger partial charge in [0.2, 0.25) is 12.5 Å². The summed E-state index contributed by atoms with van der Waals surface area (Å²) in [5.41, 5.74) is 5.82. The molecular formula is C21H23NO5. The Hall–Kier alpha value is -2.60. The highest BCUT2D eigenvalue weighted by molar-refractivity contribution is 5.90. The van der Waals surface area contributed by atoms with Gasteiger partial charge in [0.05, 0.1) is 21.3 Å². The van der Waals surface area contributed by atoms with Gasteiger partial charge in [0, 0.05) is 29.3 Å². The maximum Gasteiger partial charge on any atom is 0.231 e. The lowest BCUT2D eigenvalue weighted by molar-refractivity contribution is 0.171. The van der Waals surface area contributed by atoms with Crippen molar-refractivity contribution in [2.45, 2.75) is 18.9 Å². The minimum Gasteiger partial charge on any atom is -0.493 e. The quantitative estimate of drug-likeness (QED) is 0.828. The monoisotopic (exact) mass is 369 g/mol. The Kier molecular flexibility index (Phi) is 3.65. The number of hydrogen-bond donors (Lipinski definition) is 0. The molecule has 0 aromatic heterocycles. The fourth-order valence-electron chi connectivity index (χ4n) is 4.79. The van der Waals surface area contributed by atoms with Gasteiger partial charge in [-0.2, -0.15) is 0 Å². The Morgan fingerprint density at radius 2 is 1.74 bits per heavy atom. The summed E-state index contributed by atoms with van der Waals surface area (Å²) in [5, 5.41) is 0. The Morgan fingerprint density at radius 3 is 2.48 bits per heavy atom. The van der Waals surface area contributed by atoms with E-state index in [2.05, 4.69) is 18.0 Å². The first kappa shape index (κ1) is 16.6. The lowest BCUT2D eigenvalue weighted by atomic mass is 9.75. The van der Waals surface area contributed by atoms with Crippen molar-refractivity contribution in [3.05, 3.63) is 28.8 Å². The van der Waals surface area contributed by atoms with Crippen molar-refractivity contribution >= 4 is 0 Å². The van der Waals surface area contributed by atoms with Crippen LogP contribution in [0.2, 0.25) is 0 Å².